The van der Waals surface area contributed by atoms with Gasteiger partial charge in [0, 0.05) is 25.7 Å². The van der Waals surface area contributed by atoms with E-state index in [1.807, 2.05) is 31.2 Å². The number of rotatable bonds is 6. The summed E-state index contributed by atoms with van der Waals surface area (Å²) < 4.78 is 1.37. The SMILES string of the molecule is CCN(Cc1ccccc1NC(=O)Cn1c(C)nc2ccccc2c1=O)C(C)=O. The van der Waals surface area contributed by atoms with Gasteiger partial charge in [-0.2, -0.15) is 0 Å². The molecule has 1 N–H and O–H groups in total. The first kappa shape index (κ1) is 20.3. The number of carbonyl (C=O) groups excluding carboxylic acids is 2. The van der Waals surface area contributed by atoms with Crippen molar-refractivity contribution >= 4 is 28.4 Å². The highest BCUT2D eigenvalue weighted by Gasteiger charge is 2.14. The van der Waals surface area contributed by atoms with Gasteiger partial charge in [-0.25, -0.2) is 4.98 Å². The minimum atomic E-state index is -0.328. The van der Waals surface area contributed by atoms with Crippen LogP contribution in [0.25, 0.3) is 10.9 Å². The van der Waals surface area contributed by atoms with Crippen LogP contribution in [0.15, 0.2) is 53.3 Å². The molecule has 0 aliphatic heterocycles. The molecule has 0 radical (unpaired) electrons. The number of hydrogen-bond acceptors (Lipinski definition) is 4. The van der Waals surface area contributed by atoms with Crippen LogP contribution in [-0.4, -0.2) is 32.8 Å². The standard InChI is InChI=1S/C22H24N4O3/c1-4-25(16(3)27)13-17-9-5-7-11-19(17)24-21(28)14-26-15(2)23-20-12-8-6-10-18(20)22(26)29/h5-12H,4,13-14H2,1-3H3,(H,24,28). The van der Waals surface area contributed by atoms with Crippen molar-refractivity contribution in [3.8, 4) is 0 Å². The van der Waals surface area contributed by atoms with E-state index in [0.717, 1.165) is 5.56 Å². The molecule has 0 aliphatic rings. The zero-order valence-corrected chi connectivity index (χ0v) is 16.8. The third-order valence-electron chi connectivity index (χ3n) is 4.83. The summed E-state index contributed by atoms with van der Waals surface area (Å²) in [7, 11) is 0. The van der Waals surface area contributed by atoms with Crippen molar-refractivity contribution in [3.05, 3.63) is 70.3 Å². The van der Waals surface area contributed by atoms with Gasteiger partial charge in [-0.05, 0) is 37.6 Å². The molecule has 3 rings (SSSR count). The van der Waals surface area contributed by atoms with Crippen molar-refractivity contribution in [2.45, 2.75) is 33.9 Å². The van der Waals surface area contributed by atoms with Gasteiger partial charge >= 0.3 is 0 Å². The van der Waals surface area contributed by atoms with Crippen LogP contribution in [0, 0.1) is 6.92 Å². The molecular formula is C22H24N4O3. The Morgan fingerprint density at radius 3 is 2.52 bits per heavy atom. The van der Waals surface area contributed by atoms with Crippen molar-refractivity contribution in [2.24, 2.45) is 0 Å². The number of amides is 2. The highest BCUT2D eigenvalue weighted by Crippen LogP contribution is 2.17. The third-order valence-corrected chi connectivity index (χ3v) is 4.83. The van der Waals surface area contributed by atoms with Crippen molar-refractivity contribution in [1.29, 1.82) is 0 Å². The fourth-order valence-corrected chi connectivity index (χ4v) is 3.23. The van der Waals surface area contributed by atoms with E-state index in [1.165, 1.54) is 11.5 Å². The molecule has 0 unspecified atom stereocenters. The third kappa shape index (κ3) is 4.51. The van der Waals surface area contributed by atoms with Crippen molar-refractivity contribution in [1.82, 2.24) is 14.5 Å². The molecule has 0 atom stereocenters. The Morgan fingerprint density at radius 2 is 1.79 bits per heavy atom. The van der Waals surface area contributed by atoms with Crippen LogP contribution in [0.1, 0.15) is 25.2 Å². The minimum absolute atomic E-state index is 0.0296. The minimum Gasteiger partial charge on any atom is -0.339 e. The normalized spacial score (nSPS) is 10.7. The molecule has 29 heavy (non-hydrogen) atoms. The number of hydrogen-bond donors (Lipinski definition) is 1. The summed E-state index contributed by atoms with van der Waals surface area (Å²) in [5.74, 6) is 0.120. The quantitative estimate of drug-likeness (QED) is 0.699. The number of benzene rings is 2. The summed E-state index contributed by atoms with van der Waals surface area (Å²) in [6.07, 6.45) is 0. The monoisotopic (exact) mass is 392 g/mol. The Morgan fingerprint density at radius 1 is 1.10 bits per heavy atom. The topological polar surface area (TPSA) is 84.3 Å². The molecule has 2 amide bonds. The Bertz CT molecular complexity index is 1120. The van der Waals surface area contributed by atoms with Crippen molar-refractivity contribution in [2.75, 3.05) is 11.9 Å². The molecule has 0 saturated heterocycles. The molecule has 7 nitrogen and oxygen atoms in total. The summed E-state index contributed by atoms with van der Waals surface area (Å²) in [5.41, 5.74) is 1.82. The second-order valence-electron chi connectivity index (χ2n) is 6.81. The van der Waals surface area contributed by atoms with E-state index in [1.54, 1.807) is 36.1 Å². The summed E-state index contributed by atoms with van der Waals surface area (Å²) in [6, 6.07) is 14.4. The van der Waals surface area contributed by atoms with Gasteiger partial charge in [-0.1, -0.05) is 30.3 Å². The van der Waals surface area contributed by atoms with Crippen LogP contribution in [-0.2, 0) is 22.7 Å². The average Bonchev–Trinajstić information content (AvgIpc) is 2.70. The zero-order valence-electron chi connectivity index (χ0n) is 16.8. The van der Waals surface area contributed by atoms with Crippen LogP contribution >= 0.6 is 0 Å². The first-order valence-corrected chi connectivity index (χ1v) is 9.50. The van der Waals surface area contributed by atoms with Crippen LogP contribution in [0.2, 0.25) is 0 Å². The van der Waals surface area contributed by atoms with E-state index in [2.05, 4.69) is 10.3 Å². The largest absolute Gasteiger partial charge is 0.339 e. The fourth-order valence-electron chi connectivity index (χ4n) is 3.23. The summed E-state index contributed by atoms with van der Waals surface area (Å²) in [5, 5.41) is 3.34. The van der Waals surface area contributed by atoms with Gasteiger partial charge in [0.2, 0.25) is 11.8 Å². The van der Waals surface area contributed by atoms with E-state index >= 15 is 0 Å². The lowest BCUT2D eigenvalue weighted by Crippen LogP contribution is -2.31. The zero-order chi connectivity index (χ0) is 21.0. The van der Waals surface area contributed by atoms with Gasteiger partial charge in [0.05, 0.1) is 10.9 Å². The molecule has 150 valence electrons. The molecule has 0 bridgehead atoms. The van der Waals surface area contributed by atoms with Crippen molar-refractivity contribution < 1.29 is 9.59 Å². The first-order valence-electron chi connectivity index (χ1n) is 9.50. The van der Waals surface area contributed by atoms with Gasteiger partial charge in [0.1, 0.15) is 12.4 Å². The maximum Gasteiger partial charge on any atom is 0.261 e. The van der Waals surface area contributed by atoms with Crippen LogP contribution in [0.5, 0.6) is 0 Å². The summed E-state index contributed by atoms with van der Waals surface area (Å²) >= 11 is 0. The van der Waals surface area contributed by atoms with Crippen molar-refractivity contribution in [3.63, 3.8) is 0 Å². The Balaban J connectivity index is 1.83. The molecule has 0 fully saturated rings. The van der Waals surface area contributed by atoms with Gasteiger partial charge < -0.3 is 10.2 Å². The molecule has 7 heteroatoms. The summed E-state index contributed by atoms with van der Waals surface area (Å²) in [6.45, 7) is 5.98. The average molecular weight is 392 g/mol. The Kier molecular flexibility index (Phi) is 6.07. The number of carbonyl (C=O) groups is 2. The van der Waals surface area contributed by atoms with Gasteiger partial charge in [0.25, 0.3) is 5.56 Å². The first-order chi connectivity index (χ1) is 13.9. The molecule has 3 aromatic rings. The number of anilines is 1. The molecule has 2 aromatic carbocycles. The number of aromatic nitrogens is 2. The Hall–Kier alpha value is -3.48. The smallest absolute Gasteiger partial charge is 0.261 e. The van der Waals surface area contributed by atoms with Gasteiger partial charge in [0.15, 0.2) is 0 Å². The lowest BCUT2D eigenvalue weighted by Gasteiger charge is -2.21. The number of fused-ring (bicyclic) bond motifs is 1. The number of nitrogens with one attached hydrogen (secondary N) is 1. The highest BCUT2D eigenvalue weighted by atomic mass is 16.2. The molecule has 0 saturated carbocycles. The predicted molar refractivity (Wildman–Crippen MR) is 113 cm³/mol. The summed E-state index contributed by atoms with van der Waals surface area (Å²) in [4.78, 5) is 43.3. The van der Waals surface area contributed by atoms with E-state index in [4.69, 9.17) is 0 Å². The second kappa shape index (κ2) is 8.68. The number of para-hydroxylation sites is 2. The van der Waals surface area contributed by atoms with Gasteiger partial charge in [-0.15, -0.1) is 0 Å². The van der Waals surface area contributed by atoms with Crippen LogP contribution < -0.4 is 10.9 Å². The van der Waals surface area contributed by atoms with E-state index in [0.29, 0.717) is 35.5 Å². The lowest BCUT2D eigenvalue weighted by molar-refractivity contribution is -0.129. The van der Waals surface area contributed by atoms with E-state index < -0.39 is 0 Å². The van der Waals surface area contributed by atoms with Gasteiger partial charge in [-0.3, -0.25) is 19.0 Å². The molecule has 1 heterocycles. The van der Waals surface area contributed by atoms with Crippen LogP contribution in [0.4, 0.5) is 5.69 Å². The molecular weight excluding hydrogens is 368 g/mol. The molecule has 0 spiro atoms. The fraction of sp³-hybridized carbons (Fsp3) is 0.273. The maximum absolute atomic E-state index is 12.8. The predicted octanol–water partition coefficient (Wildman–Crippen LogP) is 2.71. The highest BCUT2D eigenvalue weighted by molar-refractivity contribution is 5.91. The van der Waals surface area contributed by atoms with Crippen LogP contribution in [0.3, 0.4) is 0 Å². The lowest BCUT2D eigenvalue weighted by atomic mass is 10.1. The second-order valence-corrected chi connectivity index (χ2v) is 6.81. The molecule has 1 aromatic heterocycles. The number of aryl methyl sites for hydroxylation is 1. The van der Waals surface area contributed by atoms with E-state index in [9.17, 15) is 14.4 Å². The number of nitrogens with zero attached hydrogens (tertiary/aromatic N) is 3. The maximum atomic E-state index is 12.8. The molecule has 0 aliphatic carbocycles. The van der Waals surface area contributed by atoms with E-state index in [-0.39, 0.29) is 23.9 Å². The Labute approximate surface area is 169 Å².